The third kappa shape index (κ3) is 3.27. The molecule has 0 amide bonds. The summed E-state index contributed by atoms with van der Waals surface area (Å²) in [5, 5.41) is 9.88. The van der Waals surface area contributed by atoms with Crippen molar-refractivity contribution >= 4 is 5.69 Å². The van der Waals surface area contributed by atoms with Crippen LogP contribution in [0, 0.1) is 5.82 Å². The summed E-state index contributed by atoms with van der Waals surface area (Å²) in [6.07, 6.45) is 5.62. The van der Waals surface area contributed by atoms with E-state index in [0.29, 0.717) is 11.6 Å². The molecule has 0 spiro atoms. The van der Waals surface area contributed by atoms with Crippen molar-refractivity contribution in [3.63, 3.8) is 0 Å². The first kappa shape index (κ1) is 14.3. The molecule has 0 bridgehead atoms. The molecule has 0 saturated heterocycles. The predicted octanol–water partition coefficient (Wildman–Crippen LogP) is 4.04. The van der Waals surface area contributed by atoms with Crippen LogP contribution < -0.4 is 4.90 Å². The third-order valence-electron chi connectivity index (χ3n) is 4.11. The van der Waals surface area contributed by atoms with Crippen molar-refractivity contribution in [3.05, 3.63) is 29.6 Å². The Labute approximate surface area is 115 Å². The van der Waals surface area contributed by atoms with Crippen molar-refractivity contribution in [1.29, 1.82) is 0 Å². The van der Waals surface area contributed by atoms with Gasteiger partial charge in [0.15, 0.2) is 0 Å². The lowest BCUT2D eigenvalue weighted by molar-refractivity contribution is 0.199. The number of nitrogens with zero attached hydrogens (tertiary/aromatic N) is 1. The maximum Gasteiger partial charge on any atom is 0.123 e. The van der Waals surface area contributed by atoms with Gasteiger partial charge in [-0.05, 0) is 44.9 Å². The van der Waals surface area contributed by atoms with E-state index in [1.807, 2.05) is 6.07 Å². The number of hydrogen-bond acceptors (Lipinski definition) is 2. The summed E-state index contributed by atoms with van der Waals surface area (Å²) >= 11 is 0. The number of hydrogen-bond donors (Lipinski definition) is 1. The summed E-state index contributed by atoms with van der Waals surface area (Å²) in [6, 6.07) is 5.30. The molecular weight excluding hydrogens is 241 g/mol. The molecule has 1 aliphatic carbocycles. The van der Waals surface area contributed by atoms with Crippen LogP contribution in [0.25, 0.3) is 0 Å². The topological polar surface area (TPSA) is 23.5 Å². The van der Waals surface area contributed by atoms with Crippen molar-refractivity contribution in [1.82, 2.24) is 0 Å². The molecule has 1 saturated carbocycles. The Morgan fingerprint density at radius 1 is 1.32 bits per heavy atom. The van der Waals surface area contributed by atoms with Crippen LogP contribution in [0.4, 0.5) is 10.1 Å². The van der Waals surface area contributed by atoms with Crippen LogP contribution in [0.1, 0.15) is 57.6 Å². The van der Waals surface area contributed by atoms with Crippen LogP contribution >= 0.6 is 0 Å². The monoisotopic (exact) mass is 265 g/mol. The van der Waals surface area contributed by atoms with Gasteiger partial charge >= 0.3 is 0 Å². The average molecular weight is 265 g/mol. The Kier molecular flexibility index (Phi) is 4.81. The van der Waals surface area contributed by atoms with E-state index < -0.39 is 6.10 Å². The lowest BCUT2D eigenvalue weighted by Gasteiger charge is -2.37. The highest BCUT2D eigenvalue weighted by atomic mass is 19.1. The Hall–Kier alpha value is -1.09. The highest BCUT2D eigenvalue weighted by molar-refractivity contribution is 5.55. The molecule has 0 heterocycles. The zero-order valence-corrected chi connectivity index (χ0v) is 11.9. The molecule has 3 heteroatoms. The maximum absolute atomic E-state index is 13.4. The van der Waals surface area contributed by atoms with Gasteiger partial charge in [-0.2, -0.15) is 0 Å². The molecule has 1 atom stereocenters. The molecule has 106 valence electrons. The van der Waals surface area contributed by atoms with Crippen LogP contribution in [0.3, 0.4) is 0 Å². The smallest absolute Gasteiger partial charge is 0.123 e. The van der Waals surface area contributed by atoms with Crippen LogP contribution in [-0.4, -0.2) is 17.7 Å². The third-order valence-corrected chi connectivity index (χ3v) is 4.11. The van der Waals surface area contributed by atoms with Crippen molar-refractivity contribution in [2.24, 2.45) is 0 Å². The second-order valence-corrected chi connectivity index (χ2v) is 5.46. The van der Waals surface area contributed by atoms with Gasteiger partial charge in [0.25, 0.3) is 0 Å². The normalized spacial score (nSPS) is 18.3. The second-order valence-electron chi connectivity index (χ2n) is 5.46. The zero-order valence-electron chi connectivity index (χ0n) is 11.9. The van der Waals surface area contributed by atoms with Crippen molar-refractivity contribution < 1.29 is 9.50 Å². The summed E-state index contributed by atoms with van der Waals surface area (Å²) in [7, 11) is 0. The van der Waals surface area contributed by atoms with Crippen molar-refractivity contribution in [2.75, 3.05) is 11.4 Å². The molecule has 2 rings (SSSR count). The van der Waals surface area contributed by atoms with E-state index in [1.165, 1.54) is 44.2 Å². The van der Waals surface area contributed by atoms with E-state index >= 15 is 0 Å². The van der Waals surface area contributed by atoms with Gasteiger partial charge in [0.1, 0.15) is 5.82 Å². The van der Waals surface area contributed by atoms with Crippen LogP contribution in [0.5, 0.6) is 0 Å². The standard InChI is InChI=1S/C16H24FNO/c1-3-18(14-7-5-4-6-8-14)16-10-9-13(17)11-15(16)12(2)19/h9-12,14,19H,3-8H2,1-2H3/t12-/m0/s1. The number of aliphatic hydroxyl groups is 1. The van der Waals surface area contributed by atoms with E-state index in [1.54, 1.807) is 6.92 Å². The summed E-state index contributed by atoms with van der Waals surface area (Å²) in [5.41, 5.74) is 1.69. The molecule has 1 N–H and O–H groups in total. The molecule has 1 aromatic rings. The molecule has 0 radical (unpaired) electrons. The van der Waals surface area contributed by atoms with Gasteiger partial charge in [0.05, 0.1) is 6.10 Å². The molecule has 0 aromatic heterocycles. The number of halogens is 1. The van der Waals surface area contributed by atoms with E-state index in [0.717, 1.165) is 12.2 Å². The first-order valence-electron chi connectivity index (χ1n) is 7.37. The van der Waals surface area contributed by atoms with E-state index in [4.69, 9.17) is 0 Å². The van der Waals surface area contributed by atoms with Crippen molar-refractivity contribution in [3.8, 4) is 0 Å². The average Bonchev–Trinajstić information content (AvgIpc) is 2.42. The summed E-state index contributed by atoms with van der Waals surface area (Å²) in [4.78, 5) is 2.33. The lowest BCUT2D eigenvalue weighted by Crippen LogP contribution is -2.37. The minimum absolute atomic E-state index is 0.278. The number of anilines is 1. The fraction of sp³-hybridized carbons (Fsp3) is 0.625. The molecule has 1 aliphatic rings. The van der Waals surface area contributed by atoms with Gasteiger partial charge in [0.2, 0.25) is 0 Å². The Balaban J connectivity index is 2.31. The molecule has 19 heavy (non-hydrogen) atoms. The molecule has 2 nitrogen and oxygen atoms in total. The van der Waals surface area contributed by atoms with E-state index in [-0.39, 0.29) is 5.82 Å². The molecule has 1 aromatic carbocycles. The maximum atomic E-state index is 13.4. The Morgan fingerprint density at radius 3 is 2.58 bits per heavy atom. The fourth-order valence-electron chi connectivity index (χ4n) is 3.14. The van der Waals surface area contributed by atoms with Gasteiger partial charge in [0, 0.05) is 23.8 Å². The first-order chi connectivity index (χ1) is 9.13. The lowest BCUT2D eigenvalue weighted by atomic mass is 9.93. The van der Waals surface area contributed by atoms with E-state index in [9.17, 15) is 9.50 Å². The molecule has 0 aliphatic heterocycles. The highest BCUT2D eigenvalue weighted by Crippen LogP contribution is 2.32. The van der Waals surface area contributed by atoms with Gasteiger partial charge in [-0.15, -0.1) is 0 Å². The highest BCUT2D eigenvalue weighted by Gasteiger charge is 2.23. The predicted molar refractivity (Wildman–Crippen MR) is 76.9 cm³/mol. The minimum Gasteiger partial charge on any atom is -0.389 e. The number of rotatable bonds is 4. The summed E-state index contributed by atoms with van der Waals surface area (Å²) in [6.45, 7) is 4.73. The summed E-state index contributed by atoms with van der Waals surface area (Å²) in [5.74, 6) is -0.278. The molecule has 1 fully saturated rings. The van der Waals surface area contributed by atoms with Gasteiger partial charge in [-0.25, -0.2) is 4.39 Å². The van der Waals surface area contributed by atoms with Gasteiger partial charge < -0.3 is 10.0 Å². The van der Waals surface area contributed by atoms with Crippen LogP contribution in [0.2, 0.25) is 0 Å². The number of benzene rings is 1. The first-order valence-corrected chi connectivity index (χ1v) is 7.37. The van der Waals surface area contributed by atoms with Crippen molar-refractivity contribution in [2.45, 2.75) is 58.1 Å². The van der Waals surface area contributed by atoms with Crippen LogP contribution in [-0.2, 0) is 0 Å². The van der Waals surface area contributed by atoms with Gasteiger partial charge in [-0.1, -0.05) is 19.3 Å². The molecular formula is C16H24FNO. The molecule has 0 unspecified atom stereocenters. The quantitative estimate of drug-likeness (QED) is 0.888. The van der Waals surface area contributed by atoms with Crippen LogP contribution in [0.15, 0.2) is 18.2 Å². The Bertz CT molecular complexity index is 413. The summed E-state index contributed by atoms with van der Waals surface area (Å²) < 4.78 is 13.4. The largest absolute Gasteiger partial charge is 0.389 e. The van der Waals surface area contributed by atoms with E-state index in [2.05, 4.69) is 11.8 Å². The number of aliphatic hydroxyl groups excluding tert-OH is 1. The SMILES string of the molecule is CCN(c1ccc(F)cc1[C@H](C)O)C1CCCCC1. The Morgan fingerprint density at radius 2 is 2.00 bits per heavy atom. The second kappa shape index (κ2) is 6.38. The fourth-order valence-corrected chi connectivity index (χ4v) is 3.14. The minimum atomic E-state index is -0.636. The zero-order chi connectivity index (χ0) is 13.8. The van der Waals surface area contributed by atoms with Gasteiger partial charge in [-0.3, -0.25) is 0 Å².